The van der Waals surface area contributed by atoms with Crippen LogP contribution in [-0.4, -0.2) is 15.6 Å². The first-order valence-corrected chi connectivity index (χ1v) is 8.62. The van der Waals surface area contributed by atoms with Crippen molar-refractivity contribution >= 4 is 11.6 Å². The van der Waals surface area contributed by atoms with Crippen LogP contribution in [0.5, 0.6) is 5.75 Å². The van der Waals surface area contributed by atoms with Crippen LogP contribution >= 0.6 is 0 Å². The molecule has 144 valence electrons. The summed E-state index contributed by atoms with van der Waals surface area (Å²) in [7, 11) is 0. The lowest BCUT2D eigenvalue weighted by Gasteiger charge is -2.14. The van der Waals surface area contributed by atoms with Gasteiger partial charge in [0.1, 0.15) is 19.0 Å². The second-order valence-corrected chi connectivity index (χ2v) is 6.07. The summed E-state index contributed by atoms with van der Waals surface area (Å²) in [6.45, 7) is -0.667. The molecule has 2 aromatic carbocycles. The molecule has 6 nitrogen and oxygen atoms in total. The first-order valence-electron chi connectivity index (χ1n) is 8.62. The summed E-state index contributed by atoms with van der Waals surface area (Å²) in [6, 6.07) is 16.2. The second-order valence-electron chi connectivity index (χ2n) is 6.07. The van der Waals surface area contributed by atoms with Gasteiger partial charge >= 0.3 is 0 Å². The Morgan fingerprint density at radius 3 is 2.54 bits per heavy atom. The van der Waals surface area contributed by atoms with Gasteiger partial charge in [0.25, 0.3) is 0 Å². The van der Waals surface area contributed by atoms with Gasteiger partial charge < -0.3 is 19.7 Å². The summed E-state index contributed by atoms with van der Waals surface area (Å²) >= 11 is 0. The third-order valence-corrected chi connectivity index (χ3v) is 4.06. The van der Waals surface area contributed by atoms with E-state index in [0.29, 0.717) is 11.3 Å². The van der Waals surface area contributed by atoms with Gasteiger partial charge in [0.05, 0.1) is 12.8 Å². The van der Waals surface area contributed by atoms with Crippen LogP contribution < -0.4 is 15.5 Å². The van der Waals surface area contributed by atoms with Crippen molar-refractivity contribution < 1.29 is 19.0 Å². The molecule has 3 rings (SSSR count). The highest BCUT2D eigenvalue weighted by atomic mass is 19.1. The molecule has 0 aliphatic rings. The van der Waals surface area contributed by atoms with E-state index >= 15 is 0 Å². The number of ether oxygens (including phenoxy) is 1. The van der Waals surface area contributed by atoms with E-state index in [-0.39, 0.29) is 30.5 Å². The van der Waals surface area contributed by atoms with Crippen LogP contribution in [0.15, 0.2) is 71.7 Å². The Morgan fingerprint density at radius 2 is 1.82 bits per heavy atom. The van der Waals surface area contributed by atoms with E-state index in [4.69, 9.17) is 4.74 Å². The zero-order valence-electron chi connectivity index (χ0n) is 15.0. The standard InChI is InChI=1S/C21H19FN2O4/c22-18-9-5-4-6-15(18)14-28-20-11-24(17(13-25)10-19(20)26)12-21(27)23-16-7-2-1-3-8-16/h1-11,25H,12-14H2,(H,23,27). The number of halogens is 1. The van der Waals surface area contributed by atoms with Crippen molar-refractivity contribution in [2.24, 2.45) is 0 Å². The number of para-hydroxylation sites is 1. The number of aliphatic hydroxyl groups excluding tert-OH is 1. The molecule has 28 heavy (non-hydrogen) atoms. The third-order valence-electron chi connectivity index (χ3n) is 4.06. The number of benzene rings is 2. The SMILES string of the molecule is O=C(Cn1cc(OCc2ccccc2F)c(=O)cc1CO)Nc1ccccc1. The van der Waals surface area contributed by atoms with E-state index in [9.17, 15) is 19.1 Å². The summed E-state index contributed by atoms with van der Waals surface area (Å²) in [4.78, 5) is 24.5. The highest BCUT2D eigenvalue weighted by Gasteiger charge is 2.12. The molecular weight excluding hydrogens is 363 g/mol. The summed E-state index contributed by atoms with van der Waals surface area (Å²) in [5, 5.41) is 12.2. The van der Waals surface area contributed by atoms with Crippen LogP contribution in [0.4, 0.5) is 10.1 Å². The maximum atomic E-state index is 13.7. The molecule has 3 aromatic rings. The number of nitrogens with zero attached hydrogens (tertiary/aromatic N) is 1. The van der Waals surface area contributed by atoms with Crippen molar-refractivity contribution in [1.82, 2.24) is 4.57 Å². The molecule has 1 aromatic heterocycles. The zero-order chi connectivity index (χ0) is 19.9. The molecule has 0 radical (unpaired) electrons. The monoisotopic (exact) mass is 382 g/mol. The molecule has 0 spiro atoms. The molecule has 1 amide bonds. The lowest BCUT2D eigenvalue weighted by atomic mass is 10.2. The minimum Gasteiger partial charge on any atom is -0.483 e. The Balaban J connectivity index is 1.76. The number of amides is 1. The topological polar surface area (TPSA) is 80.6 Å². The van der Waals surface area contributed by atoms with Gasteiger partial charge in [-0.3, -0.25) is 9.59 Å². The number of carbonyl (C=O) groups excluding carboxylic acids is 1. The number of rotatable bonds is 7. The van der Waals surface area contributed by atoms with E-state index in [0.717, 1.165) is 0 Å². The minimum absolute atomic E-state index is 0.0343. The Labute approximate surface area is 160 Å². The lowest BCUT2D eigenvalue weighted by molar-refractivity contribution is -0.116. The van der Waals surface area contributed by atoms with Crippen LogP contribution in [0.1, 0.15) is 11.3 Å². The fourth-order valence-corrected chi connectivity index (χ4v) is 2.63. The number of carbonyl (C=O) groups is 1. The first kappa shape index (κ1) is 19.3. The van der Waals surface area contributed by atoms with Gasteiger partial charge in [0.2, 0.25) is 11.3 Å². The largest absolute Gasteiger partial charge is 0.483 e. The average molecular weight is 382 g/mol. The molecule has 0 fully saturated rings. The van der Waals surface area contributed by atoms with Crippen molar-refractivity contribution in [2.45, 2.75) is 19.8 Å². The van der Waals surface area contributed by atoms with Crippen molar-refractivity contribution in [3.05, 3.63) is 94.2 Å². The molecule has 1 heterocycles. The molecular formula is C21H19FN2O4. The Kier molecular flexibility index (Phi) is 6.18. The molecule has 0 saturated carbocycles. The van der Waals surface area contributed by atoms with Crippen molar-refractivity contribution in [3.63, 3.8) is 0 Å². The van der Waals surface area contributed by atoms with Crippen molar-refractivity contribution in [3.8, 4) is 5.75 Å². The Bertz CT molecular complexity index is 1020. The number of hydrogen-bond donors (Lipinski definition) is 2. The number of aromatic nitrogens is 1. The average Bonchev–Trinajstić information content (AvgIpc) is 2.69. The van der Waals surface area contributed by atoms with Crippen molar-refractivity contribution in [2.75, 3.05) is 5.32 Å². The number of anilines is 1. The predicted molar refractivity (Wildman–Crippen MR) is 102 cm³/mol. The van der Waals surface area contributed by atoms with Crippen LogP contribution in [0.25, 0.3) is 0 Å². The van der Waals surface area contributed by atoms with E-state index in [1.807, 2.05) is 6.07 Å². The molecule has 7 heteroatoms. The Hall–Kier alpha value is -3.45. The molecule has 0 aliphatic heterocycles. The smallest absolute Gasteiger partial charge is 0.244 e. The highest BCUT2D eigenvalue weighted by Crippen LogP contribution is 2.13. The quantitative estimate of drug-likeness (QED) is 0.658. The number of pyridine rings is 1. The van der Waals surface area contributed by atoms with Crippen LogP contribution in [0.2, 0.25) is 0 Å². The Morgan fingerprint density at radius 1 is 1.11 bits per heavy atom. The molecule has 2 N–H and O–H groups in total. The van der Waals surface area contributed by atoms with Gasteiger partial charge in [0, 0.05) is 23.0 Å². The summed E-state index contributed by atoms with van der Waals surface area (Å²) < 4.78 is 20.6. The van der Waals surface area contributed by atoms with E-state index in [2.05, 4.69) is 5.32 Å². The second kappa shape index (κ2) is 8.96. The molecule has 0 saturated heterocycles. The van der Waals surface area contributed by atoms with Crippen LogP contribution in [0, 0.1) is 5.82 Å². The van der Waals surface area contributed by atoms with Crippen LogP contribution in [-0.2, 0) is 24.6 Å². The van der Waals surface area contributed by atoms with Gasteiger partial charge in [-0.25, -0.2) is 4.39 Å². The fraction of sp³-hybridized carbons (Fsp3) is 0.143. The number of hydrogen-bond acceptors (Lipinski definition) is 4. The van der Waals surface area contributed by atoms with E-state index in [1.54, 1.807) is 42.5 Å². The summed E-state index contributed by atoms with van der Waals surface area (Å²) in [5.41, 5.74) is 0.753. The summed E-state index contributed by atoms with van der Waals surface area (Å²) in [5.74, 6) is -0.797. The van der Waals surface area contributed by atoms with Crippen LogP contribution in [0.3, 0.4) is 0 Å². The highest BCUT2D eigenvalue weighted by molar-refractivity contribution is 5.90. The number of nitrogens with one attached hydrogen (secondary N) is 1. The minimum atomic E-state index is -0.458. The van der Waals surface area contributed by atoms with Gasteiger partial charge in [0.15, 0.2) is 5.75 Å². The van der Waals surface area contributed by atoms with E-state index < -0.39 is 17.9 Å². The van der Waals surface area contributed by atoms with Gasteiger partial charge in [-0.15, -0.1) is 0 Å². The maximum Gasteiger partial charge on any atom is 0.244 e. The number of aliphatic hydroxyl groups is 1. The molecule has 0 unspecified atom stereocenters. The van der Waals surface area contributed by atoms with Gasteiger partial charge in [-0.05, 0) is 18.2 Å². The third kappa shape index (κ3) is 4.83. The molecule has 0 bridgehead atoms. The lowest BCUT2D eigenvalue weighted by Crippen LogP contribution is -2.23. The summed E-state index contributed by atoms with van der Waals surface area (Å²) in [6.07, 6.45) is 1.35. The normalized spacial score (nSPS) is 10.5. The van der Waals surface area contributed by atoms with E-state index in [1.165, 1.54) is 22.9 Å². The van der Waals surface area contributed by atoms with Gasteiger partial charge in [-0.2, -0.15) is 0 Å². The fourth-order valence-electron chi connectivity index (χ4n) is 2.63. The zero-order valence-corrected chi connectivity index (χ0v) is 15.0. The predicted octanol–water partition coefficient (Wildman–Crippen LogP) is 2.70. The first-order chi connectivity index (χ1) is 13.6. The molecule has 0 aliphatic carbocycles. The van der Waals surface area contributed by atoms with Crippen molar-refractivity contribution in [1.29, 1.82) is 0 Å². The van der Waals surface area contributed by atoms with Gasteiger partial charge in [-0.1, -0.05) is 36.4 Å². The maximum absolute atomic E-state index is 13.7. The molecule has 0 atom stereocenters.